The van der Waals surface area contributed by atoms with Crippen LogP contribution in [0.2, 0.25) is 0 Å². The van der Waals surface area contributed by atoms with Crippen LogP contribution in [0.4, 0.5) is 16.2 Å². The van der Waals surface area contributed by atoms with Crippen LogP contribution in [0.5, 0.6) is 5.75 Å². The molecule has 0 aliphatic carbocycles. The van der Waals surface area contributed by atoms with Crippen molar-refractivity contribution < 1.29 is 19.4 Å². The standard InChI is InChI=1S/C20H21N3O4/c1-27-15-8-6-7-14(13-15)23-19(25)21-17-10-3-2-9-16(17)20(23,26)18(24)22-11-4-5-12-22/h2-3,6-10,13,26H,4-5,11-12H2,1H3,(H,21,25)/t20-/m0/s1. The first-order chi connectivity index (χ1) is 13.1. The molecule has 1 fully saturated rings. The number of benzene rings is 2. The van der Waals surface area contributed by atoms with Crippen molar-refractivity contribution in [1.29, 1.82) is 0 Å². The number of urea groups is 1. The predicted molar refractivity (Wildman–Crippen MR) is 101 cm³/mol. The molecular formula is C20H21N3O4. The second-order valence-corrected chi connectivity index (χ2v) is 6.68. The number of para-hydroxylation sites is 1. The number of methoxy groups -OCH3 is 1. The summed E-state index contributed by atoms with van der Waals surface area (Å²) in [5.74, 6) is 0.0280. The monoisotopic (exact) mass is 367 g/mol. The summed E-state index contributed by atoms with van der Waals surface area (Å²) in [6.45, 7) is 1.13. The van der Waals surface area contributed by atoms with Crippen molar-refractivity contribution in [3.05, 3.63) is 54.1 Å². The summed E-state index contributed by atoms with van der Waals surface area (Å²) in [4.78, 5) is 29.1. The molecule has 2 aliphatic heterocycles. The average Bonchev–Trinajstić information content (AvgIpc) is 3.22. The number of ether oxygens (including phenoxy) is 1. The molecule has 0 radical (unpaired) electrons. The molecule has 2 heterocycles. The van der Waals surface area contributed by atoms with Gasteiger partial charge in [-0.1, -0.05) is 24.3 Å². The Morgan fingerprint density at radius 3 is 2.63 bits per heavy atom. The Morgan fingerprint density at radius 1 is 1.15 bits per heavy atom. The number of nitrogens with one attached hydrogen (secondary N) is 1. The molecular weight excluding hydrogens is 346 g/mol. The molecule has 27 heavy (non-hydrogen) atoms. The van der Waals surface area contributed by atoms with E-state index in [4.69, 9.17) is 4.74 Å². The number of nitrogens with zero attached hydrogens (tertiary/aromatic N) is 2. The Hall–Kier alpha value is -3.06. The zero-order valence-electron chi connectivity index (χ0n) is 15.0. The third-order valence-corrected chi connectivity index (χ3v) is 5.07. The largest absolute Gasteiger partial charge is 0.497 e. The number of hydrogen-bond acceptors (Lipinski definition) is 4. The summed E-state index contributed by atoms with van der Waals surface area (Å²) >= 11 is 0. The normalized spacial score (nSPS) is 21.6. The van der Waals surface area contributed by atoms with E-state index in [0.29, 0.717) is 35.8 Å². The van der Waals surface area contributed by atoms with Crippen LogP contribution >= 0.6 is 0 Å². The first-order valence-corrected chi connectivity index (χ1v) is 8.92. The van der Waals surface area contributed by atoms with Crippen molar-refractivity contribution in [2.75, 3.05) is 30.4 Å². The first-order valence-electron chi connectivity index (χ1n) is 8.92. The Bertz CT molecular complexity index is 894. The Morgan fingerprint density at radius 2 is 1.89 bits per heavy atom. The van der Waals surface area contributed by atoms with Gasteiger partial charge in [0, 0.05) is 24.7 Å². The minimum atomic E-state index is -2.13. The number of aliphatic hydroxyl groups is 1. The zero-order chi connectivity index (χ0) is 19.0. The van der Waals surface area contributed by atoms with Crippen molar-refractivity contribution in [3.8, 4) is 5.75 Å². The van der Waals surface area contributed by atoms with Crippen LogP contribution in [0.15, 0.2) is 48.5 Å². The number of carbonyl (C=O) groups excluding carboxylic acids is 2. The fraction of sp³-hybridized carbons (Fsp3) is 0.300. The Labute approximate surface area is 157 Å². The summed E-state index contributed by atoms with van der Waals surface area (Å²) in [6.07, 6.45) is 1.77. The number of anilines is 2. The van der Waals surface area contributed by atoms with Crippen LogP contribution in [-0.2, 0) is 10.5 Å². The molecule has 0 spiro atoms. The fourth-order valence-corrected chi connectivity index (χ4v) is 3.74. The van der Waals surface area contributed by atoms with Gasteiger partial charge in [0.05, 0.1) is 18.5 Å². The highest BCUT2D eigenvalue weighted by atomic mass is 16.5. The van der Waals surface area contributed by atoms with Crippen molar-refractivity contribution >= 4 is 23.3 Å². The molecule has 2 aliphatic rings. The van der Waals surface area contributed by atoms with Crippen LogP contribution in [0.3, 0.4) is 0 Å². The predicted octanol–water partition coefficient (Wildman–Crippen LogP) is 2.51. The maximum atomic E-state index is 13.4. The molecule has 0 aromatic heterocycles. The summed E-state index contributed by atoms with van der Waals surface area (Å²) in [5, 5.41) is 14.5. The summed E-state index contributed by atoms with van der Waals surface area (Å²) in [5.41, 5.74) is -0.979. The Balaban J connectivity index is 1.89. The number of rotatable bonds is 3. The quantitative estimate of drug-likeness (QED) is 0.873. The molecule has 3 amide bonds. The van der Waals surface area contributed by atoms with E-state index in [-0.39, 0.29) is 0 Å². The summed E-state index contributed by atoms with van der Waals surface area (Å²) in [6, 6.07) is 13.0. The highest BCUT2D eigenvalue weighted by Gasteiger charge is 2.53. The smallest absolute Gasteiger partial charge is 0.329 e. The van der Waals surface area contributed by atoms with Crippen molar-refractivity contribution in [3.63, 3.8) is 0 Å². The van der Waals surface area contributed by atoms with Gasteiger partial charge in [-0.2, -0.15) is 0 Å². The first kappa shape index (κ1) is 17.4. The van der Waals surface area contributed by atoms with Gasteiger partial charge >= 0.3 is 6.03 Å². The maximum Gasteiger partial charge on any atom is 0.329 e. The van der Waals surface area contributed by atoms with Crippen LogP contribution in [-0.4, -0.2) is 42.1 Å². The van der Waals surface area contributed by atoms with Gasteiger partial charge in [0.1, 0.15) is 5.75 Å². The van der Waals surface area contributed by atoms with E-state index < -0.39 is 17.7 Å². The van der Waals surface area contributed by atoms with E-state index in [9.17, 15) is 14.7 Å². The lowest BCUT2D eigenvalue weighted by atomic mass is 9.94. The Kier molecular flexibility index (Phi) is 4.24. The highest BCUT2D eigenvalue weighted by molar-refractivity contribution is 6.11. The second kappa shape index (κ2) is 6.59. The lowest BCUT2D eigenvalue weighted by Gasteiger charge is -2.44. The molecule has 1 saturated heterocycles. The molecule has 7 heteroatoms. The van der Waals surface area contributed by atoms with Crippen LogP contribution in [0.25, 0.3) is 0 Å². The van der Waals surface area contributed by atoms with Gasteiger partial charge in [-0.25, -0.2) is 4.79 Å². The van der Waals surface area contributed by atoms with Gasteiger partial charge in [0.15, 0.2) is 0 Å². The minimum Gasteiger partial charge on any atom is -0.497 e. The van der Waals surface area contributed by atoms with Gasteiger partial charge in [0.25, 0.3) is 11.6 Å². The fourth-order valence-electron chi connectivity index (χ4n) is 3.74. The maximum absolute atomic E-state index is 13.4. The average molecular weight is 367 g/mol. The van der Waals surface area contributed by atoms with E-state index in [1.165, 1.54) is 7.11 Å². The number of likely N-dealkylation sites (tertiary alicyclic amines) is 1. The topological polar surface area (TPSA) is 82.1 Å². The van der Waals surface area contributed by atoms with Crippen molar-refractivity contribution in [2.24, 2.45) is 0 Å². The molecule has 7 nitrogen and oxygen atoms in total. The third kappa shape index (κ3) is 2.71. The summed E-state index contributed by atoms with van der Waals surface area (Å²) < 4.78 is 5.24. The molecule has 4 rings (SSSR count). The molecule has 2 aromatic rings. The van der Waals surface area contributed by atoms with E-state index >= 15 is 0 Å². The van der Waals surface area contributed by atoms with Gasteiger partial charge < -0.3 is 20.1 Å². The lowest BCUT2D eigenvalue weighted by molar-refractivity contribution is -0.150. The molecule has 2 aromatic carbocycles. The number of carbonyl (C=O) groups is 2. The van der Waals surface area contributed by atoms with Crippen LogP contribution in [0, 0.1) is 0 Å². The molecule has 2 N–H and O–H groups in total. The van der Waals surface area contributed by atoms with E-state index in [1.54, 1.807) is 53.4 Å². The molecule has 0 unspecified atom stereocenters. The summed E-state index contributed by atoms with van der Waals surface area (Å²) in [7, 11) is 1.52. The van der Waals surface area contributed by atoms with Crippen molar-refractivity contribution in [2.45, 2.75) is 18.6 Å². The molecule has 0 bridgehead atoms. The molecule has 0 saturated carbocycles. The minimum absolute atomic E-state index is 0.351. The van der Waals surface area contributed by atoms with Crippen molar-refractivity contribution in [1.82, 2.24) is 4.90 Å². The molecule has 1 atom stereocenters. The number of fused-ring (bicyclic) bond motifs is 1. The number of hydrogen-bond donors (Lipinski definition) is 2. The zero-order valence-corrected chi connectivity index (χ0v) is 15.0. The van der Waals surface area contributed by atoms with Gasteiger partial charge in [-0.05, 0) is 31.0 Å². The van der Waals surface area contributed by atoms with Gasteiger partial charge in [-0.15, -0.1) is 0 Å². The van der Waals surface area contributed by atoms with Gasteiger partial charge in [-0.3, -0.25) is 9.69 Å². The third-order valence-electron chi connectivity index (χ3n) is 5.07. The van der Waals surface area contributed by atoms with E-state index in [1.807, 2.05) is 0 Å². The second-order valence-electron chi connectivity index (χ2n) is 6.68. The van der Waals surface area contributed by atoms with Crippen LogP contribution < -0.4 is 15.0 Å². The van der Waals surface area contributed by atoms with Crippen LogP contribution in [0.1, 0.15) is 18.4 Å². The van der Waals surface area contributed by atoms with Gasteiger partial charge in [0.2, 0.25) is 0 Å². The SMILES string of the molecule is COc1cccc(N2C(=O)Nc3ccccc3[C@]2(O)C(=O)N2CCCC2)c1. The van der Waals surface area contributed by atoms with E-state index in [2.05, 4.69) is 5.32 Å². The highest BCUT2D eigenvalue weighted by Crippen LogP contribution is 2.41. The number of amides is 3. The lowest BCUT2D eigenvalue weighted by Crippen LogP contribution is -2.62. The molecule has 140 valence electrons. The van der Waals surface area contributed by atoms with E-state index in [0.717, 1.165) is 17.7 Å².